The van der Waals surface area contributed by atoms with E-state index in [1.807, 2.05) is 6.92 Å². The number of sulfone groups is 1. The number of carbonyl (C=O) groups is 1. The van der Waals surface area contributed by atoms with Crippen LogP contribution in [0.5, 0.6) is 0 Å². The van der Waals surface area contributed by atoms with E-state index >= 15 is 0 Å². The second kappa shape index (κ2) is 9.02. The molecule has 0 spiro atoms. The zero-order chi connectivity index (χ0) is 20.1. The summed E-state index contributed by atoms with van der Waals surface area (Å²) in [5.41, 5.74) is 4.39. The van der Waals surface area contributed by atoms with Crippen molar-refractivity contribution in [3.8, 4) is 0 Å². The van der Waals surface area contributed by atoms with Crippen molar-refractivity contribution in [3.05, 3.63) is 20.8 Å². The van der Waals surface area contributed by atoms with Crippen LogP contribution in [0.1, 0.15) is 40.0 Å². The first kappa shape index (κ1) is 21.9. The Morgan fingerprint density at radius 1 is 1.31 bits per heavy atom. The van der Waals surface area contributed by atoms with E-state index in [9.17, 15) is 22.8 Å². The van der Waals surface area contributed by atoms with Crippen LogP contribution in [0, 0.1) is 5.92 Å². The summed E-state index contributed by atoms with van der Waals surface area (Å²) in [6.45, 7) is 5.83. The van der Waals surface area contributed by atoms with Crippen molar-refractivity contribution in [1.29, 1.82) is 0 Å². The third-order valence-electron chi connectivity index (χ3n) is 3.87. The Morgan fingerprint density at radius 2 is 1.92 bits per heavy atom. The number of nitrogen functional groups attached to an aromatic ring is 1. The molecule has 0 saturated heterocycles. The van der Waals surface area contributed by atoms with Gasteiger partial charge in [-0.05, 0) is 12.3 Å². The summed E-state index contributed by atoms with van der Waals surface area (Å²) in [5, 5.41) is 0. The Labute approximate surface area is 153 Å². The fourth-order valence-corrected chi connectivity index (χ4v) is 4.23. The minimum atomic E-state index is -3.36. The van der Waals surface area contributed by atoms with Crippen LogP contribution >= 0.6 is 0 Å². The minimum absolute atomic E-state index is 0.00534. The Hall–Kier alpha value is -2.10. The van der Waals surface area contributed by atoms with Gasteiger partial charge in [0.25, 0.3) is 5.56 Å². The number of amides is 1. The van der Waals surface area contributed by atoms with Crippen LogP contribution in [0.25, 0.3) is 0 Å². The summed E-state index contributed by atoms with van der Waals surface area (Å²) >= 11 is 0. The highest BCUT2D eigenvalue weighted by Crippen LogP contribution is 2.16. The Morgan fingerprint density at radius 3 is 2.46 bits per heavy atom. The maximum absolute atomic E-state index is 12.4. The molecule has 9 nitrogen and oxygen atoms in total. The number of nitrogens with two attached hydrogens (primary N) is 1. The highest BCUT2D eigenvalue weighted by atomic mass is 32.2. The molecule has 0 aliphatic rings. The third kappa shape index (κ3) is 5.72. The summed E-state index contributed by atoms with van der Waals surface area (Å²) in [6, 6.07) is 0. The fourth-order valence-electron chi connectivity index (χ4n) is 2.57. The van der Waals surface area contributed by atoms with Crippen molar-refractivity contribution in [2.45, 2.75) is 46.6 Å². The largest absolute Gasteiger partial charge is 0.383 e. The summed E-state index contributed by atoms with van der Waals surface area (Å²) in [6.07, 6.45) is 1.24. The third-order valence-corrected chi connectivity index (χ3v) is 5.87. The first-order chi connectivity index (χ1) is 12.0. The van der Waals surface area contributed by atoms with E-state index in [0.29, 0.717) is 13.0 Å². The molecule has 0 saturated carbocycles. The van der Waals surface area contributed by atoms with E-state index in [2.05, 4.69) is 4.98 Å². The standard InChI is InChI=1S/C16H28N4O5S/c1-5-6-8-20-14(17)13(15(22)18-16(20)23)19(4)12(21)7-9-26(24,25)10-11(2)3/h11H,5-10,17H2,1-4H3,(H,18,22,23). The molecule has 0 atom stereocenters. The Balaban J connectivity index is 3.05. The average molecular weight is 388 g/mol. The second-order valence-electron chi connectivity index (χ2n) is 6.71. The highest BCUT2D eigenvalue weighted by molar-refractivity contribution is 7.91. The number of rotatable bonds is 9. The molecule has 0 aliphatic carbocycles. The summed E-state index contributed by atoms with van der Waals surface area (Å²) in [4.78, 5) is 39.6. The monoisotopic (exact) mass is 388 g/mol. The molecule has 0 aliphatic heterocycles. The number of hydrogen-bond donors (Lipinski definition) is 2. The zero-order valence-corrected chi connectivity index (χ0v) is 16.6. The summed E-state index contributed by atoms with van der Waals surface area (Å²) < 4.78 is 25.1. The van der Waals surface area contributed by atoms with Crippen molar-refractivity contribution in [2.75, 3.05) is 29.2 Å². The van der Waals surface area contributed by atoms with E-state index in [4.69, 9.17) is 5.73 Å². The molecular weight excluding hydrogens is 360 g/mol. The van der Waals surface area contributed by atoms with Gasteiger partial charge < -0.3 is 10.6 Å². The summed E-state index contributed by atoms with van der Waals surface area (Å²) in [7, 11) is -2.02. The predicted molar refractivity (Wildman–Crippen MR) is 102 cm³/mol. The number of anilines is 2. The number of nitrogens with one attached hydrogen (secondary N) is 1. The lowest BCUT2D eigenvalue weighted by Gasteiger charge is -2.20. The van der Waals surface area contributed by atoms with Crippen molar-refractivity contribution >= 4 is 27.2 Å². The minimum Gasteiger partial charge on any atom is -0.383 e. The molecule has 0 bridgehead atoms. The topological polar surface area (TPSA) is 135 Å². The molecule has 1 amide bonds. The van der Waals surface area contributed by atoms with Gasteiger partial charge in [0.2, 0.25) is 5.91 Å². The van der Waals surface area contributed by atoms with Gasteiger partial charge in [-0.25, -0.2) is 13.2 Å². The Bertz CT molecular complexity index is 854. The number of nitrogens with zero attached hydrogens (tertiary/aromatic N) is 2. The molecule has 148 valence electrons. The molecular formula is C16H28N4O5S. The first-order valence-corrected chi connectivity index (χ1v) is 10.4. The predicted octanol–water partition coefficient (Wildman–Crippen LogP) is 0.343. The van der Waals surface area contributed by atoms with Crippen LogP contribution in [-0.2, 0) is 21.2 Å². The molecule has 0 radical (unpaired) electrons. The van der Waals surface area contributed by atoms with Crippen LogP contribution < -0.4 is 21.9 Å². The van der Waals surface area contributed by atoms with E-state index in [1.165, 1.54) is 11.6 Å². The molecule has 0 aromatic carbocycles. The molecule has 1 aromatic rings. The van der Waals surface area contributed by atoms with Gasteiger partial charge in [0.05, 0.1) is 11.5 Å². The van der Waals surface area contributed by atoms with Gasteiger partial charge in [0.1, 0.15) is 5.82 Å². The van der Waals surface area contributed by atoms with Gasteiger partial charge in [0.15, 0.2) is 15.5 Å². The van der Waals surface area contributed by atoms with E-state index in [1.54, 1.807) is 13.8 Å². The SMILES string of the molecule is CCCCn1c(N)c(N(C)C(=O)CCS(=O)(=O)CC(C)C)c(=O)[nH]c1=O. The van der Waals surface area contributed by atoms with Crippen molar-refractivity contribution in [1.82, 2.24) is 9.55 Å². The van der Waals surface area contributed by atoms with Gasteiger partial charge in [-0.1, -0.05) is 27.2 Å². The summed E-state index contributed by atoms with van der Waals surface area (Å²) in [5.74, 6) is -1.01. The maximum Gasteiger partial charge on any atom is 0.330 e. The van der Waals surface area contributed by atoms with Crippen LogP contribution in [-0.4, -0.2) is 42.4 Å². The quantitative estimate of drug-likeness (QED) is 0.626. The lowest BCUT2D eigenvalue weighted by atomic mass is 10.3. The maximum atomic E-state index is 12.4. The molecule has 26 heavy (non-hydrogen) atoms. The van der Waals surface area contributed by atoms with E-state index in [-0.39, 0.29) is 35.3 Å². The van der Waals surface area contributed by atoms with Gasteiger partial charge in [-0.3, -0.25) is 19.1 Å². The van der Waals surface area contributed by atoms with Gasteiger partial charge in [-0.15, -0.1) is 0 Å². The lowest BCUT2D eigenvalue weighted by molar-refractivity contribution is -0.117. The number of aromatic nitrogens is 2. The van der Waals surface area contributed by atoms with Crippen molar-refractivity contribution in [3.63, 3.8) is 0 Å². The van der Waals surface area contributed by atoms with Crippen LogP contribution in [0.15, 0.2) is 9.59 Å². The number of unbranched alkanes of at least 4 members (excludes halogenated alkanes) is 1. The molecule has 0 unspecified atom stereocenters. The first-order valence-electron chi connectivity index (χ1n) is 8.59. The van der Waals surface area contributed by atoms with Crippen LogP contribution in [0.4, 0.5) is 11.5 Å². The Kier molecular flexibility index (Phi) is 7.61. The number of aromatic amines is 1. The van der Waals surface area contributed by atoms with Crippen LogP contribution in [0.3, 0.4) is 0 Å². The van der Waals surface area contributed by atoms with Gasteiger partial charge in [0, 0.05) is 20.0 Å². The van der Waals surface area contributed by atoms with Crippen LogP contribution in [0.2, 0.25) is 0 Å². The smallest absolute Gasteiger partial charge is 0.330 e. The number of carbonyl (C=O) groups excluding carboxylic acids is 1. The number of H-pyrrole nitrogens is 1. The molecule has 1 rings (SSSR count). The molecule has 0 fully saturated rings. The van der Waals surface area contributed by atoms with Crippen molar-refractivity contribution < 1.29 is 13.2 Å². The molecule has 10 heteroatoms. The van der Waals surface area contributed by atoms with E-state index in [0.717, 1.165) is 11.3 Å². The van der Waals surface area contributed by atoms with Gasteiger partial charge in [-0.2, -0.15) is 0 Å². The fraction of sp³-hybridized carbons (Fsp3) is 0.688. The normalized spacial score (nSPS) is 11.7. The molecule has 1 heterocycles. The zero-order valence-electron chi connectivity index (χ0n) is 15.7. The second-order valence-corrected chi connectivity index (χ2v) is 8.94. The lowest BCUT2D eigenvalue weighted by Crippen LogP contribution is -2.39. The molecule has 3 N–H and O–H groups in total. The van der Waals surface area contributed by atoms with Crippen molar-refractivity contribution in [2.24, 2.45) is 5.92 Å². The van der Waals surface area contributed by atoms with Gasteiger partial charge >= 0.3 is 5.69 Å². The highest BCUT2D eigenvalue weighted by Gasteiger charge is 2.23. The van der Waals surface area contributed by atoms with E-state index < -0.39 is 27.0 Å². The average Bonchev–Trinajstić information content (AvgIpc) is 2.50. The number of hydrogen-bond acceptors (Lipinski definition) is 6. The molecule has 1 aromatic heterocycles.